The summed E-state index contributed by atoms with van der Waals surface area (Å²) in [7, 11) is 0. The molecule has 5 heteroatoms. The van der Waals surface area contributed by atoms with Gasteiger partial charge < -0.3 is 16.2 Å². The van der Waals surface area contributed by atoms with Gasteiger partial charge in [0, 0.05) is 0 Å². The molecule has 2 aromatic carbocycles. The van der Waals surface area contributed by atoms with Crippen LogP contribution in [0.4, 0.5) is 0 Å². The van der Waals surface area contributed by atoms with Crippen LogP contribution in [0, 0.1) is 6.92 Å². The summed E-state index contributed by atoms with van der Waals surface area (Å²) in [4.78, 5) is 0. The molecule has 2 aromatic rings. The molecule has 21 heavy (non-hydrogen) atoms. The number of hydrogen-bond donors (Lipinski definition) is 2. The van der Waals surface area contributed by atoms with Gasteiger partial charge in [0.25, 0.3) is 0 Å². The van der Waals surface area contributed by atoms with Gasteiger partial charge in [-0.15, -0.1) is 5.10 Å². The minimum Gasteiger partial charge on any atom is -0.489 e. The SMILES string of the molecule is Cc1cccc(COc2ccc(C=NN=C(N)N)cc2)c1. The molecule has 0 radical (unpaired) electrons. The van der Waals surface area contributed by atoms with E-state index in [1.54, 1.807) is 6.21 Å². The van der Waals surface area contributed by atoms with Crippen molar-refractivity contribution in [2.45, 2.75) is 13.5 Å². The Balaban J connectivity index is 1.93. The molecular formula is C16H18N4O. The summed E-state index contributed by atoms with van der Waals surface area (Å²) in [6.45, 7) is 2.61. The topological polar surface area (TPSA) is 86.0 Å². The third-order valence-electron chi connectivity index (χ3n) is 2.75. The van der Waals surface area contributed by atoms with Crippen LogP contribution in [0.3, 0.4) is 0 Å². The van der Waals surface area contributed by atoms with Crippen molar-refractivity contribution in [1.29, 1.82) is 0 Å². The third-order valence-corrected chi connectivity index (χ3v) is 2.75. The van der Waals surface area contributed by atoms with Crippen LogP contribution in [0.1, 0.15) is 16.7 Å². The Morgan fingerprint density at radius 2 is 1.90 bits per heavy atom. The predicted octanol–water partition coefficient (Wildman–Crippen LogP) is 2.18. The number of hydrogen-bond acceptors (Lipinski definition) is 3. The average molecular weight is 282 g/mol. The van der Waals surface area contributed by atoms with Gasteiger partial charge in [-0.05, 0) is 42.3 Å². The number of guanidine groups is 1. The molecule has 108 valence electrons. The third kappa shape index (κ3) is 4.99. The van der Waals surface area contributed by atoms with Gasteiger partial charge in [0.1, 0.15) is 12.4 Å². The molecule has 0 aliphatic rings. The lowest BCUT2D eigenvalue weighted by Gasteiger charge is -2.07. The molecule has 0 saturated heterocycles. The maximum Gasteiger partial charge on any atom is 0.211 e. The first-order valence-corrected chi connectivity index (χ1v) is 6.54. The van der Waals surface area contributed by atoms with E-state index in [0.717, 1.165) is 16.9 Å². The van der Waals surface area contributed by atoms with Crippen molar-refractivity contribution in [3.63, 3.8) is 0 Å². The zero-order valence-electron chi connectivity index (χ0n) is 11.9. The first-order valence-electron chi connectivity index (χ1n) is 6.54. The molecule has 2 rings (SSSR count). The van der Waals surface area contributed by atoms with E-state index < -0.39 is 0 Å². The number of benzene rings is 2. The van der Waals surface area contributed by atoms with E-state index in [1.165, 1.54) is 5.56 Å². The van der Waals surface area contributed by atoms with Crippen LogP contribution >= 0.6 is 0 Å². The Morgan fingerprint density at radius 1 is 1.14 bits per heavy atom. The second kappa shape index (κ2) is 7.09. The quantitative estimate of drug-likeness (QED) is 0.500. The van der Waals surface area contributed by atoms with Crippen LogP contribution in [0.25, 0.3) is 0 Å². The molecule has 0 fully saturated rings. The lowest BCUT2D eigenvalue weighted by molar-refractivity contribution is 0.306. The monoisotopic (exact) mass is 282 g/mol. The first-order chi connectivity index (χ1) is 10.1. The fraction of sp³-hybridized carbons (Fsp3) is 0.125. The summed E-state index contributed by atoms with van der Waals surface area (Å²) in [5.41, 5.74) is 13.6. The van der Waals surface area contributed by atoms with Crippen molar-refractivity contribution in [3.05, 3.63) is 65.2 Å². The van der Waals surface area contributed by atoms with E-state index in [2.05, 4.69) is 29.3 Å². The summed E-state index contributed by atoms with van der Waals surface area (Å²) < 4.78 is 5.73. The van der Waals surface area contributed by atoms with Gasteiger partial charge >= 0.3 is 0 Å². The Bertz CT molecular complexity index is 644. The fourth-order valence-corrected chi connectivity index (χ4v) is 1.78. The summed E-state index contributed by atoms with van der Waals surface area (Å²) in [6, 6.07) is 15.8. The molecule has 0 unspecified atom stereocenters. The number of ether oxygens (including phenoxy) is 1. The van der Waals surface area contributed by atoms with Crippen molar-refractivity contribution in [1.82, 2.24) is 0 Å². The van der Waals surface area contributed by atoms with Gasteiger partial charge in [-0.25, -0.2) is 0 Å². The summed E-state index contributed by atoms with van der Waals surface area (Å²) in [6.07, 6.45) is 1.57. The van der Waals surface area contributed by atoms with Crippen molar-refractivity contribution in [2.24, 2.45) is 21.7 Å². The maximum atomic E-state index is 5.73. The summed E-state index contributed by atoms with van der Waals surface area (Å²) >= 11 is 0. The zero-order chi connectivity index (χ0) is 15.1. The van der Waals surface area contributed by atoms with E-state index in [4.69, 9.17) is 16.2 Å². The second-order valence-corrected chi connectivity index (χ2v) is 4.62. The van der Waals surface area contributed by atoms with Crippen LogP contribution in [-0.2, 0) is 6.61 Å². The molecule has 4 N–H and O–H groups in total. The Hall–Kier alpha value is -2.82. The van der Waals surface area contributed by atoms with E-state index in [1.807, 2.05) is 36.4 Å². The molecule has 0 aliphatic carbocycles. The van der Waals surface area contributed by atoms with Crippen LogP contribution in [0.5, 0.6) is 5.75 Å². The molecule has 0 spiro atoms. The fourth-order valence-electron chi connectivity index (χ4n) is 1.78. The van der Waals surface area contributed by atoms with E-state index >= 15 is 0 Å². The molecular weight excluding hydrogens is 264 g/mol. The van der Waals surface area contributed by atoms with E-state index in [9.17, 15) is 0 Å². The lowest BCUT2D eigenvalue weighted by Crippen LogP contribution is -2.21. The van der Waals surface area contributed by atoms with E-state index in [0.29, 0.717) is 6.61 Å². The standard InChI is InChI=1S/C16H18N4O/c1-12-3-2-4-14(9-12)11-21-15-7-5-13(6-8-15)10-19-20-16(17)18/h2-10H,11H2,1H3,(H4,17,18,20). The molecule has 0 amide bonds. The van der Waals surface area contributed by atoms with Gasteiger partial charge in [0.2, 0.25) is 5.96 Å². The lowest BCUT2D eigenvalue weighted by atomic mass is 10.1. The molecule has 0 aromatic heterocycles. The highest BCUT2D eigenvalue weighted by Gasteiger charge is 1.97. The molecule has 0 aliphatic heterocycles. The van der Waals surface area contributed by atoms with Gasteiger partial charge in [0.05, 0.1) is 6.21 Å². The van der Waals surface area contributed by atoms with Crippen LogP contribution in [0.2, 0.25) is 0 Å². The number of aryl methyl sites for hydroxylation is 1. The molecule has 0 saturated carbocycles. The highest BCUT2D eigenvalue weighted by molar-refractivity contribution is 5.81. The van der Waals surface area contributed by atoms with Gasteiger partial charge in [-0.3, -0.25) is 0 Å². The minimum absolute atomic E-state index is 0.0654. The van der Waals surface area contributed by atoms with Crippen LogP contribution < -0.4 is 16.2 Å². The Morgan fingerprint density at radius 3 is 2.57 bits per heavy atom. The van der Waals surface area contributed by atoms with Crippen molar-refractivity contribution in [2.75, 3.05) is 0 Å². The predicted molar refractivity (Wildman–Crippen MR) is 85.4 cm³/mol. The molecule has 0 heterocycles. The molecule has 0 atom stereocenters. The molecule has 0 bridgehead atoms. The van der Waals surface area contributed by atoms with Crippen LogP contribution in [-0.4, -0.2) is 12.2 Å². The van der Waals surface area contributed by atoms with Gasteiger partial charge in [0.15, 0.2) is 0 Å². The minimum atomic E-state index is -0.0654. The second-order valence-electron chi connectivity index (χ2n) is 4.62. The van der Waals surface area contributed by atoms with Crippen molar-refractivity contribution in [3.8, 4) is 5.75 Å². The summed E-state index contributed by atoms with van der Waals surface area (Å²) in [5.74, 6) is 0.736. The largest absolute Gasteiger partial charge is 0.489 e. The van der Waals surface area contributed by atoms with Crippen molar-refractivity contribution < 1.29 is 4.74 Å². The normalized spacial score (nSPS) is 10.5. The number of nitrogens with two attached hydrogens (primary N) is 2. The Labute approximate surface area is 124 Å². The number of nitrogens with zero attached hydrogens (tertiary/aromatic N) is 2. The number of rotatable bonds is 5. The van der Waals surface area contributed by atoms with Gasteiger partial charge in [-0.1, -0.05) is 29.8 Å². The van der Waals surface area contributed by atoms with Crippen molar-refractivity contribution >= 4 is 12.2 Å². The van der Waals surface area contributed by atoms with Crippen LogP contribution in [0.15, 0.2) is 58.7 Å². The Kier molecular flexibility index (Phi) is 4.93. The summed E-state index contributed by atoms with van der Waals surface area (Å²) in [5, 5.41) is 7.28. The van der Waals surface area contributed by atoms with E-state index in [-0.39, 0.29) is 5.96 Å². The highest BCUT2D eigenvalue weighted by atomic mass is 16.5. The van der Waals surface area contributed by atoms with Gasteiger partial charge in [-0.2, -0.15) is 5.10 Å². The molecule has 5 nitrogen and oxygen atoms in total. The highest BCUT2D eigenvalue weighted by Crippen LogP contribution is 2.14. The average Bonchev–Trinajstić information content (AvgIpc) is 2.46. The smallest absolute Gasteiger partial charge is 0.211 e. The first kappa shape index (κ1) is 14.6. The maximum absolute atomic E-state index is 5.73. The zero-order valence-corrected chi connectivity index (χ0v) is 11.9.